The molecule has 0 aliphatic carbocycles. The summed E-state index contributed by atoms with van der Waals surface area (Å²) in [6, 6.07) is 13.7. The van der Waals surface area contributed by atoms with Crippen molar-refractivity contribution in [2.24, 2.45) is 0 Å². The number of halogens is 3. The molecule has 1 N–H and O–H groups in total. The van der Waals surface area contributed by atoms with Crippen LogP contribution in [-0.4, -0.2) is 5.11 Å². The lowest BCUT2D eigenvalue weighted by Gasteiger charge is -1.87. The van der Waals surface area contributed by atoms with Crippen LogP contribution in [-0.2, 0) is 6.61 Å². The summed E-state index contributed by atoms with van der Waals surface area (Å²) in [5, 5.41) is 10.6. The van der Waals surface area contributed by atoms with Gasteiger partial charge in [-0.15, -0.1) is 0 Å². The average Bonchev–Trinajstić information content (AvgIpc) is 3.08. The lowest BCUT2D eigenvalue weighted by molar-refractivity contribution is 0.251. The van der Waals surface area contributed by atoms with Crippen LogP contribution in [0.4, 0.5) is 4.39 Å². The summed E-state index contributed by atoms with van der Waals surface area (Å²) < 4.78 is 24.4. The second-order valence-electron chi connectivity index (χ2n) is 4.79. The van der Waals surface area contributed by atoms with Crippen molar-refractivity contribution in [3.8, 4) is 0 Å². The van der Waals surface area contributed by atoms with Crippen LogP contribution in [0.15, 0.2) is 66.3 Å². The highest BCUT2D eigenvalue weighted by atomic mass is 79.9. The quantitative estimate of drug-likeness (QED) is 0.392. The number of aliphatic hydroxyl groups excluding tert-OH is 1. The van der Waals surface area contributed by atoms with E-state index in [2.05, 4.69) is 31.9 Å². The zero-order chi connectivity index (χ0) is 16.4. The van der Waals surface area contributed by atoms with Crippen molar-refractivity contribution >= 4 is 53.8 Å². The molecule has 0 bridgehead atoms. The Morgan fingerprint density at radius 2 is 1.39 bits per heavy atom. The maximum atomic E-state index is 12.5. The molecule has 0 saturated heterocycles. The maximum absolute atomic E-state index is 12.5. The normalized spacial score (nSPS) is 10.8. The van der Waals surface area contributed by atoms with Crippen LogP contribution in [0.1, 0.15) is 5.76 Å². The van der Waals surface area contributed by atoms with Crippen molar-refractivity contribution in [2.45, 2.75) is 6.61 Å². The fourth-order valence-electron chi connectivity index (χ4n) is 2.13. The molecule has 0 amide bonds. The first-order chi connectivity index (χ1) is 11.0. The predicted octanol–water partition coefficient (Wildman–Crippen LogP) is 6.02. The Morgan fingerprint density at radius 1 is 0.826 bits per heavy atom. The molecule has 118 valence electrons. The zero-order valence-electron chi connectivity index (χ0n) is 11.7. The number of benzene rings is 2. The van der Waals surface area contributed by atoms with E-state index in [0.29, 0.717) is 11.3 Å². The Morgan fingerprint density at radius 3 is 2.00 bits per heavy atom. The monoisotopic (exact) mass is 440 g/mol. The van der Waals surface area contributed by atoms with Crippen molar-refractivity contribution < 1.29 is 18.3 Å². The van der Waals surface area contributed by atoms with Crippen LogP contribution in [0.5, 0.6) is 0 Å². The zero-order valence-corrected chi connectivity index (χ0v) is 14.9. The summed E-state index contributed by atoms with van der Waals surface area (Å²) in [6.45, 7) is -0.0493. The summed E-state index contributed by atoms with van der Waals surface area (Å²) in [7, 11) is 0. The Bertz CT molecular complexity index is 959. The first kappa shape index (κ1) is 16.2. The Kier molecular flexibility index (Phi) is 4.84. The first-order valence-corrected chi connectivity index (χ1v) is 8.27. The Labute approximate surface area is 148 Å². The van der Waals surface area contributed by atoms with Crippen LogP contribution in [0.25, 0.3) is 21.9 Å². The topological polar surface area (TPSA) is 46.5 Å². The van der Waals surface area contributed by atoms with E-state index in [-0.39, 0.29) is 6.61 Å². The van der Waals surface area contributed by atoms with E-state index in [4.69, 9.17) is 13.9 Å². The van der Waals surface area contributed by atoms with Gasteiger partial charge in [0, 0.05) is 25.8 Å². The van der Waals surface area contributed by atoms with Gasteiger partial charge in [-0.3, -0.25) is 0 Å². The van der Waals surface area contributed by atoms with Gasteiger partial charge in [-0.05, 0) is 42.5 Å². The maximum Gasteiger partial charge on any atom is 0.278 e. The van der Waals surface area contributed by atoms with E-state index in [1.807, 2.05) is 36.4 Å². The van der Waals surface area contributed by atoms with Gasteiger partial charge >= 0.3 is 0 Å². The minimum absolute atomic E-state index is 0.0493. The van der Waals surface area contributed by atoms with Gasteiger partial charge in [-0.1, -0.05) is 31.9 Å². The van der Waals surface area contributed by atoms with Crippen molar-refractivity contribution in [1.82, 2.24) is 0 Å². The SMILES string of the molecule is Fc1cc2cc(Br)ccc2o1.OCc1cc2cc(Br)ccc2o1. The third-order valence-electron chi connectivity index (χ3n) is 3.13. The van der Waals surface area contributed by atoms with Gasteiger partial charge < -0.3 is 13.9 Å². The molecule has 3 nitrogen and oxygen atoms in total. The van der Waals surface area contributed by atoms with Crippen molar-refractivity contribution in [1.29, 1.82) is 0 Å². The molecule has 0 unspecified atom stereocenters. The highest BCUT2D eigenvalue weighted by Crippen LogP contribution is 2.23. The third-order valence-corrected chi connectivity index (χ3v) is 4.12. The Hall–Kier alpha value is -1.63. The number of hydrogen-bond donors (Lipinski definition) is 1. The molecule has 4 rings (SSSR count). The lowest BCUT2D eigenvalue weighted by Crippen LogP contribution is -1.72. The van der Waals surface area contributed by atoms with Crippen molar-refractivity contribution in [3.63, 3.8) is 0 Å². The molecular weight excluding hydrogens is 431 g/mol. The average molecular weight is 442 g/mol. The molecule has 0 atom stereocenters. The number of furan rings is 2. The molecule has 0 radical (unpaired) electrons. The van der Waals surface area contributed by atoms with Crippen molar-refractivity contribution in [3.05, 3.63) is 69.3 Å². The summed E-state index contributed by atoms with van der Waals surface area (Å²) in [6.07, 6.45) is 0. The summed E-state index contributed by atoms with van der Waals surface area (Å²) >= 11 is 6.64. The molecule has 0 aliphatic rings. The minimum Gasteiger partial charge on any atom is -0.459 e. The van der Waals surface area contributed by atoms with Crippen LogP contribution in [0.2, 0.25) is 0 Å². The van der Waals surface area contributed by atoms with Gasteiger partial charge in [0.15, 0.2) is 0 Å². The number of hydrogen-bond acceptors (Lipinski definition) is 3. The molecule has 2 heterocycles. The standard InChI is InChI=1S/C9H7BrO2.C8H4BrFO/c10-7-1-2-9-6(3-7)4-8(5-11)12-9;9-6-1-2-7-5(3-6)4-8(10)11-7/h1-4,11H,5H2;1-4H. The van der Waals surface area contributed by atoms with E-state index >= 15 is 0 Å². The molecule has 0 fully saturated rings. The smallest absolute Gasteiger partial charge is 0.278 e. The van der Waals surface area contributed by atoms with Crippen LogP contribution in [0.3, 0.4) is 0 Å². The molecule has 2 aromatic carbocycles. The molecule has 23 heavy (non-hydrogen) atoms. The van der Waals surface area contributed by atoms with E-state index < -0.39 is 6.01 Å². The van der Waals surface area contributed by atoms with Gasteiger partial charge in [-0.2, -0.15) is 4.39 Å². The van der Waals surface area contributed by atoms with Gasteiger partial charge in [0.05, 0.1) is 0 Å². The van der Waals surface area contributed by atoms with Crippen LogP contribution in [0, 0.1) is 6.01 Å². The largest absolute Gasteiger partial charge is 0.459 e. The van der Waals surface area contributed by atoms with Gasteiger partial charge in [0.1, 0.15) is 23.5 Å². The van der Waals surface area contributed by atoms with Crippen LogP contribution >= 0.6 is 31.9 Å². The highest BCUT2D eigenvalue weighted by Gasteiger charge is 2.02. The predicted molar refractivity (Wildman–Crippen MR) is 93.7 cm³/mol. The van der Waals surface area contributed by atoms with E-state index in [9.17, 15) is 4.39 Å². The summed E-state index contributed by atoms with van der Waals surface area (Å²) in [4.78, 5) is 0. The molecule has 6 heteroatoms. The molecule has 0 aliphatic heterocycles. The number of aliphatic hydroxyl groups is 1. The molecule has 4 aromatic rings. The van der Waals surface area contributed by atoms with E-state index in [1.165, 1.54) is 6.07 Å². The first-order valence-electron chi connectivity index (χ1n) is 6.68. The molecule has 2 aromatic heterocycles. The second kappa shape index (κ2) is 6.86. The Balaban J connectivity index is 0.000000136. The molecule has 0 saturated carbocycles. The summed E-state index contributed by atoms with van der Waals surface area (Å²) in [5.74, 6) is 0.600. The van der Waals surface area contributed by atoms with Gasteiger partial charge in [0.2, 0.25) is 0 Å². The number of rotatable bonds is 1. The summed E-state index contributed by atoms with van der Waals surface area (Å²) in [5.41, 5.74) is 1.38. The molecule has 0 spiro atoms. The van der Waals surface area contributed by atoms with Crippen LogP contribution < -0.4 is 0 Å². The van der Waals surface area contributed by atoms with Gasteiger partial charge in [-0.25, -0.2) is 0 Å². The fraction of sp³-hybridized carbons (Fsp3) is 0.0588. The van der Waals surface area contributed by atoms with E-state index in [0.717, 1.165) is 25.3 Å². The second-order valence-corrected chi connectivity index (χ2v) is 6.62. The highest BCUT2D eigenvalue weighted by molar-refractivity contribution is 9.10. The lowest BCUT2D eigenvalue weighted by atomic mass is 10.2. The third kappa shape index (κ3) is 3.83. The number of fused-ring (bicyclic) bond motifs is 2. The minimum atomic E-state index is -0.543. The van der Waals surface area contributed by atoms with E-state index in [1.54, 1.807) is 6.07 Å². The molecular formula is C17H11Br2FO3. The van der Waals surface area contributed by atoms with Gasteiger partial charge in [0.25, 0.3) is 6.01 Å². The fourth-order valence-corrected chi connectivity index (χ4v) is 2.89. The van der Waals surface area contributed by atoms with Crippen molar-refractivity contribution in [2.75, 3.05) is 0 Å².